The number of alkyl halides is 3. The van der Waals surface area contributed by atoms with Crippen LogP contribution in [0.3, 0.4) is 0 Å². The molecule has 1 aliphatic heterocycles. The molecular weight excluding hydrogens is 299 g/mol. The summed E-state index contributed by atoms with van der Waals surface area (Å²) in [6, 6.07) is 3.06. The Morgan fingerprint density at radius 2 is 2.05 bits per heavy atom. The van der Waals surface area contributed by atoms with Crippen molar-refractivity contribution in [3.05, 3.63) is 12.1 Å². The average Bonchev–Trinajstić information content (AvgIpc) is 3.29. The van der Waals surface area contributed by atoms with Crippen LogP contribution in [0.4, 0.5) is 19.0 Å². The van der Waals surface area contributed by atoms with Gasteiger partial charge in [-0.05, 0) is 31.7 Å². The lowest BCUT2D eigenvalue weighted by Gasteiger charge is -2.37. The van der Waals surface area contributed by atoms with E-state index in [9.17, 15) is 13.2 Å². The summed E-state index contributed by atoms with van der Waals surface area (Å²) in [6.45, 7) is 2.09. The Bertz CT molecular complexity index is 505. The van der Waals surface area contributed by atoms with E-state index in [1.807, 2.05) is 6.92 Å². The van der Waals surface area contributed by atoms with E-state index in [4.69, 9.17) is 4.74 Å². The minimum atomic E-state index is -4.38. The van der Waals surface area contributed by atoms with Gasteiger partial charge in [0, 0.05) is 19.2 Å². The number of morpholine rings is 1. The van der Waals surface area contributed by atoms with Crippen molar-refractivity contribution >= 4 is 5.82 Å². The highest BCUT2D eigenvalue weighted by Crippen LogP contribution is 2.37. The molecule has 0 aromatic carbocycles. The van der Waals surface area contributed by atoms with Gasteiger partial charge in [-0.2, -0.15) is 13.2 Å². The van der Waals surface area contributed by atoms with Gasteiger partial charge in [0.2, 0.25) is 5.88 Å². The summed E-state index contributed by atoms with van der Waals surface area (Å²) >= 11 is 0. The summed E-state index contributed by atoms with van der Waals surface area (Å²) in [6.07, 6.45) is -1.69. The molecule has 2 fully saturated rings. The van der Waals surface area contributed by atoms with Gasteiger partial charge in [-0.3, -0.25) is 0 Å². The van der Waals surface area contributed by atoms with E-state index in [1.54, 1.807) is 6.07 Å². The molecule has 22 heavy (non-hydrogen) atoms. The zero-order chi connectivity index (χ0) is 15.7. The molecule has 0 radical (unpaired) electrons. The van der Waals surface area contributed by atoms with Crippen molar-refractivity contribution < 1.29 is 22.6 Å². The van der Waals surface area contributed by atoms with E-state index in [2.05, 4.69) is 19.8 Å². The highest BCUT2D eigenvalue weighted by Gasteiger charge is 2.37. The molecule has 0 bridgehead atoms. The maximum Gasteiger partial charge on any atom is 0.422 e. The van der Waals surface area contributed by atoms with Crippen molar-refractivity contribution in [2.75, 3.05) is 24.6 Å². The Morgan fingerprint density at radius 3 is 2.64 bits per heavy atom. The van der Waals surface area contributed by atoms with Crippen molar-refractivity contribution in [3.63, 3.8) is 0 Å². The smallest absolute Gasteiger partial charge is 0.422 e. The van der Waals surface area contributed by atoms with Crippen molar-refractivity contribution in [1.82, 2.24) is 10.2 Å². The molecule has 2 atom stereocenters. The van der Waals surface area contributed by atoms with Crippen LogP contribution in [0, 0.1) is 5.92 Å². The number of anilines is 1. The molecule has 1 aromatic heterocycles. The Morgan fingerprint density at radius 1 is 1.27 bits per heavy atom. The Labute approximate surface area is 126 Å². The maximum atomic E-state index is 12.1. The van der Waals surface area contributed by atoms with Crippen LogP contribution in [0.25, 0.3) is 0 Å². The monoisotopic (exact) mass is 317 g/mol. The predicted octanol–water partition coefficient (Wildman–Crippen LogP) is 2.42. The van der Waals surface area contributed by atoms with Crippen LogP contribution in [0.1, 0.15) is 19.8 Å². The van der Waals surface area contributed by atoms with Gasteiger partial charge in [-0.25, -0.2) is 0 Å². The van der Waals surface area contributed by atoms with Crippen LogP contribution in [0.5, 0.6) is 5.88 Å². The van der Waals surface area contributed by atoms with Crippen LogP contribution >= 0.6 is 0 Å². The first kappa shape index (κ1) is 15.3. The number of nitrogens with zero attached hydrogens (tertiary/aromatic N) is 3. The van der Waals surface area contributed by atoms with E-state index in [-0.39, 0.29) is 18.1 Å². The van der Waals surface area contributed by atoms with Crippen LogP contribution in [-0.2, 0) is 4.74 Å². The van der Waals surface area contributed by atoms with Gasteiger partial charge >= 0.3 is 6.18 Å². The lowest BCUT2D eigenvalue weighted by Crippen LogP contribution is -2.47. The zero-order valence-corrected chi connectivity index (χ0v) is 12.2. The molecule has 1 aliphatic carbocycles. The number of hydrogen-bond donors (Lipinski definition) is 0. The normalized spacial score (nSPS) is 26.1. The number of hydrogen-bond acceptors (Lipinski definition) is 5. The first-order valence-electron chi connectivity index (χ1n) is 7.34. The summed E-state index contributed by atoms with van der Waals surface area (Å²) < 4.78 is 46.7. The molecule has 8 heteroatoms. The molecule has 2 unspecified atom stereocenters. The quantitative estimate of drug-likeness (QED) is 0.853. The Balaban J connectivity index is 1.61. The van der Waals surface area contributed by atoms with E-state index in [0.717, 1.165) is 6.54 Å². The van der Waals surface area contributed by atoms with Crippen molar-refractivity contribution in [3.8, 4) is 5.88 Å². The first-order valence-corrected chi connectivity index (χ1v) is 7.34. The van der Waals surface area contributed by atoms with Gasteiger partial charge in [0.05, 0.1) is 12.2 Å². The van der Waals surface area contributed by atoms with Gasteiger partial charge in [0.15, 0.2) is 12.4 Å². The van der Waals surface area contributed by atoms with Crippen molar-refractivity contribution in [2.24, 2.45) is 5.92 Å². The second-order valence-corrected chi connectivity index (χ2v) is 5.86. The standard InChI is InChI=1S/C14H18F3N3O2/c1-9-6-20(7-11(22-9)10-2-3-10)12-4-5-13(19-18-12)21-8-14(15,16)17/h4-5,9-11H,2-3,6-8H2,1H3. The number of rotatable bonds is 4. The van der Waals surface area contributed by atoms with E-state index in [1.165, 1.54) is 18.9 Å². The van der Waals surface area contributed by atoms with Gasteiger partial charge in [-0.1, -0.05) is 0 Å². The number of halogens is 3. The fraction of sp³-hybridized carbons (Fsp3) is 0.714. The fourth-order valence-electron chi connectivity index (χ4n) is 2.62. The molecule has 122 valence electrons. The third kappa shape index (κ3) is 4.00. The molecule has 2 heterocycles. The predicted molar refractivity (Wildman–Crippen MR) is 72.9 cm³/mol. The molecule has 3 rings (SSSR count). The Hall–Kier alpha value is -1.57. The van der Waals surface area contributed by atoms with Crippen LogP contribution in [0.15, 0.2) is 12.1 Å². The fourth-order valence-corrected chi connectivity index (χ4v) is 2.62. The highest BCUT2D eigenvalue weighted by atomic mass is 19.4. The molecular formula is C14H18F3N3O2. The summed E-state index contributed by atoms with van der Waals surface area (Å²) in [4.78, 5) is 2.07. The van der Waals surface area contributed by atoms with E-state index in [0.29, 0.717) is 18.3 Å². The zero-order valence-electron chi connectivity index (χ0n) is 12.2. The Kier molecular flexibility index (Phi) is 4.12. The van der Waals surface area contributed by atoms with Gasteiger partial charge in [-0.15, -0.1) is 10.2 Å². The van der Waals surface area contributed by atoms with Gasteiger partial charge in [0.25, 0.3) is 0 Å². The third-order valence-corrected chi connectivity index (χ3v) is 3.77. The molecule has 5 nitrogen and oxygen atoms in total. The number of ether oxygens (including phenoxy) is 2. The van der Waals surface area contributed by atoms with E-state index < -0.39 is 12.8 Å². The second-order valence-electron chi connectivity index (χ2n) is 5.86. The molecule has 1 saturated heterocycles. The summed E-state index contributed by atoms with van der Waals surface area (Å²) in [5, 5.41) is 7.69. The number of aromatic nitrogens is 2. The van der Waals surface area contributed by atoms with E-state index >= 15 is 0 Å². The minimum Gasteiger partial charge on any atom is -0.467 e. The first-order chi connectivity index (χ1) is 10.4. The molecule has 0 spiro atoms. The average molecular weight is 317 g/mol. The SMILES string of the molecule is CC1CN(c2ccc(OCC(F)(F)F)nn2)CC(C2CC2)O1. The van der Waals surface area contributed by atoms with Gasteiger partial charge < -0.3 is 14.4 Å². The minimum absolute atomic E-state index is 0.0994. The van der Waals surface area contributed by atoms with Crippen LogP contribution in [0.2, 0.25) is 0 Å². The van der Waals surface area contributed by atoms with Gasteiger partial charge in [0.1, 0.15) is 0 Å². The summed E-state index contributed by atoms with van der Waals surface area (Å²) in [5.41, 5.74) is 0. The lowest BCUT2D eigenvalue weighted by molar-refractivity contribution is -0.154. The summed E-state index contributed by atoms with van der Waals surface area (Å²) in [7, 11) is 0. The molecule has 0 N–H and O–H groups in total. The maximum absolute atomic E-state index is 12.1. The highest BCUT2D eigenvalue weighted by molar-refractivity contribution is 5.39. The third-order valence-electron chi connectivity index (χ3n) is 3.77. The van der Waals surface area contributed by atoms with Crippen molar-refractivity contribution in [2.45, 2.75) is 38.1 Å². The molecule has 2 aliphatic rings. The van der Waals surface area contributed by atoms with Crippen LogP contribution < -0.4 is 9.64 Å². The lowest BCUT2D eigenvalue weighted by atomic mass is 10.1. The van der Waals surface area contributed by atoms with Crippen LogP contribution in [-0.4, -0.2) is 48.3 Å². The topological polar surface area (TPSA) is 47.5 Å². The molecule has 1 saturated carbocycles. The summed E-state index contributed by atoms with van der Waals surface area (Å²) in [5.74, 6) is 1.13. The largest absolute Gasteiger partial charge is 0.467 e. The van der Waals surface area contributed by atoms with Crippen molar-refractivity contribution in [1.29, 1.82) is 0 Å². The second kappa shape index (κ2) is 5.91. The molecule has 0 amide bonds. The molecule has 1 aromatic rings.